The average Bonchev–Trinajstić information content (AvgIpc) is 2.68. The lowest BCUT2D eigenvalue weighted by atomic mass is 10.1. The predicted molar refractivity (Wildman–Crippen MR) is 109 cm³/mol. The molecular formula is C22H25FN4. The molecule has 0 bridgehead atoms. The third-order valence-electron chi connectivity index (χ3n) is 4.38. The van der Waals surface area contributed by atoms with Crippen molar-refractivity contribution in [3.63, 3.8) is 0 Å². The fourth-order valence-electron chi connectivity index (χ4n) is 2.95. The second kappa shape index (κ2) is 9.12. The number of nitrogens with zero attached hydrogens (tertiary/aromatic N) is 3. The zero-order valence-electron chi connectivity index (χ0n) is 15.8. The molecule has 0 saturated heterocycles. The summed E-state index contributed by atoms with van der Waals surface area (Å²) in [4.78, 5) is 11.3. The summed E-state index contributed by atoms with van der Waals surface area (Å²) in [7, 11) is 0. The van der Waals surface area contributed by atoms with Gasteiger partial charge in [0.1, 0.15) is 23.3 Å². The van der Waals surface area contributed by atoms with Gasteiger partial charge in [-0.05, 0) is 43.5 Å². The fraction of sp³-hybridized carbons (Fsp3) is 0.273. The second-order valence-electron chi connectivity index (χ2n) is 6.46. The van der Waals surface area contributed by atoms with Crippen molar-refractivity contribution < 1.29 is 4.39 Å². The molecule has 0 saturated carbocycles. The number of halogens is 1. The van der Waals surface area contributed by atoms with Crippen molar-refractivity contribution in [2.24, 2.45) is 0 Å². The summed E-state index contributed by atoms with van der Waals surface area (Å²) in [6, 6.07) is 19.0. The number of hydrogen-bond donors (Lipinski definition) is 1. The molecule has 3 aromatic rings. The average molecular weight is 364 g/mol. The van der Waals surface area contributed by atoms with Crippen molar-refractivity contribution >= 4 is 11.6 Å². The Kier molecular flexibility index (Phi) is 6.36. The molecule has 0 unspecified atom stereocenters. The van der Waals surface area contributed by atoms with Crippen LogP contribution in [0.5, 0.6) is 0 Å². The molecule has 140 valence electrons. The van der Waals surface area contributed by atoms with Crippen LogP contribution in [0.2, 0.25) is 0 Å². The molecule has 0 aliphatic carbocycles. The van der Waals surface area contributed by atoms with Gasteiger partial charge >= 0.3 is 0 Å². The van der Waals surface area contributed by atoms with Crippen molar-refractivity contribution in [1.29, 1.82) is 0 Å². The summed E-state index contributed by atoms with van der Waals surface area (Å²) in [5, 5.41) is 3.36. The highest BCUT2D eigenvalue weighted by Gasteiger charge is 2.10. The van der Waals surface area contributed by atoms with E-state index in [2.05, 4.69) is 51.4 Å². The molecule has 2 aromatic carbocycles. The Morgan fingerprint density at radius 1 is 0.963 bits per heavy atom. The Hall–Kier alpha value is -2.95. The van der Waals surface area contributed by atoms with Gasteiger partial charge in [-0.25, -0.2) is 14.4 Å². The monoisotopic (exact) mass is 364 g/mol. The number of nitrogens with one attached hydrogen (secondary N) is 1. The fourth-order valence-corrected chi connectivity index (χ4v) is 2.95. The van der Waals surface area contributed by atoms with E-state index in [9.17, 15) is 4.39 Å². The van der Waals surface area contributed by atoms with Crippen LogP contribution in [-0.4, -0.2) is 23.1 Å². The van der Waals surface area contributed by atoms with Gasteiger partial charge in [0.25, 0.3) is 0 Å². The van der Waals surface area contributed by atoms with Gasteiger partial charge in [-0.15, -0.1) is 0 Å². The minimum atomic E-state index is -0.208. The quantitative estimate of drug-likeness (QED) is 0.634. The van der Waals surface area contributed by atoms with Crippen molar-refractivity contribution in [1.82, 2.24) is 9.97 Å². The van der Waals surface area contributed by atoms with Gasteiger partial charge in [-0.3, -0.25) is 0 Å². The van der Waals surface area contributed by atoms with E-state index in [0.717, 1.165) is 49.1 Å². The lowest BCUT2D eigenvalue weighted by Crippen LogP contribution is -2.24. The molecule has 0 fully saturated rings. The topological polar surface area (TPSA) is 41.0 Å². The molecule has 0 amide bonds. The molecule has 5 heteroatoms. The minimum absolute atomic E-state index is 0.208. The molecule has 3 rings (SSSR count). The smallest absolute Gasteiger partial charge is 0.134 e. The summed E-state index contributed by atoms with van der Waals surface area (Å²) in [6.45, 7) is 6.43. The van der Waals surface area contributed by atoms with Gasteiger partial charge < -0.3 is 10.2 Å². The van der Waals surface area contributed by atoms with Crippen LogP contribution < -0.4 is 10.2 Å². The summed E-state index contributed by atoms with van der Waals surface area (Å²) < 4.78 is 13.0. The Bertz CT molecular complexity index is 850. The molecular weight excluding hydrogens is 339 g/mol. The van der Waals surface area contributed by atoms with Crippen LogP contribution in [-0.2, 0) is 13.0 Å². The number of hydrogen-bond acceptors (Lipinski definition) is 4. The largest absolute Gasteiger partial charge is 0.370 e. The van der Waals surface area contributed by atoms with Crippen LogP contribution >= 0.6 is 0 Å². The second-order valence-corrected chi connectivity index (χ2v) is 6.46. The normalized spacial score (nSPS) is 10.6. The van der Waals surface area contributed by atoms with Crippen molar-refractivity contribution in [2.45, 2.75) is 26.8 Å². The third-order valence-corrected chi connectivity index (χ3v) is 4.38. The van der Waals surface area contributed by atoms with Crippen LogP contribution in [0.1, 0.15) is 23.9 Å². The summed E-state index contributed by atoms with van der Waals surface area (Å²) in [5.74, 6) is 2.26. The highest BCUT2D eigenvalue weighted by Crippen LogP contribution is 2.18. The van der Waals surface area contributed by atoms with Gasteiger partial charge in [-0.2, -0.15) is 0 Å². The van der Waals surface area contributed by atoms with Crippen LogP contribution in [0.4, 0.5) is 16.0 Å². The Morgan fingerprint density at radius 2 is 1.70 bits per heavy atom. The zero-order valence-corrected chi connectivity index (χ0v) is 15.8. The molecule has 0 radical (unpaired) electrons. The first-order valence-electron chi connectivity index (χ1n) is 9.27. The molecule has 1 heterocycles. The SMILES string of the molecule is CCN(Cc1ccccc1)c1cc(NCCc2ccc(F)cc2)nc(C)n1. The van der Waals surface area contributed by atoms with Gasteiger partial charge in [0.2, 0.25) is 0 Å². The van der Waals surface area contributed by atoms with E-state index < -0.39 is 0 Å². The highest BCUT2D eigenvalue weighted by molar-refractivity contribution is 5.50. The van der Waals surface area contributed by atoms with Crippen molar-refractivity contribution in [2.75, 3.05) is 23.3 Å². The van der Waals surface area contributed by atoms with Gasteiger partial charge in [0.15, 0.2) is 0 Å². The highest BCUT2D eigenvalue weighted by atomic mass is 19.1. The van der Waals surface area contributed by atoms with E-state index in [0.29, 0.717) is 0 Å². The summed E-state index contributed by atoms with van der Waals surface area (Å²) >= 11 is 0. The molecule has 0 aliphatic heterocycles. The Labute approximate surface area is 160 Å². The Balaban J connectivity index is 1.66. The van der Waals surface area contributed by atoms with Crippen molar-refractivity contribution in [3.8, 4) is 0 Å². The van der Waals surface area contributed by atoms with E-state index in [4.69, 9.17) is 0 Å². The maximum absolute atomic E-state index is 13.0. The van der Waals surface area contributed by atoms with Gasteiger partial charge in [-0.1, -0.05) is 42.5 Å². The zero-order chi connectivity index (χ0) is 19.1. The van der Waals surface area contributed by atoms with E-state index >= 15 is 0 Å². The molecule has 0 atom stereocenters. The molecule has 0 spiro atoms. The lowest BCUT2D eigenvalue weighted by molar-refractivity contribution is 0.627. The molecule has 1 aromatic heterocycles. The standard InChI is InChI=1S/C22H25FN4/c1-3-27(16-19-7-5-4-6-8-19)22-15-21(25-17(2)26-22)24-14-13-18-9-11-20(23)12-10-18/h4-12,15H,3,13-14,16H2,1-2H3,(H,24,25,26). The van der Waals surface area contributed by atoms with Crippen LogP contribution in [0, 0.1) is 12.7 Å². The van der Waals surface area contributed by atoms with Crippen LogP contribution in [0.15, 0.2) is 60.7 Å². The van der Waals surface area contributed by atoms with Gasteiger partial charge in [0, 0.05) is 25.7 Å². The van der Waals surface area contributed by atoms with Crippen LogP contribution in [0.3, 0.4) is 0 Å². The Morgan fingerprint density at radius 3 is 2.41 bits per heavy atom. The molecule has 4 nitrogen and oxygen atoms in total. The molecule has 1 N–H and O–H groups in total. The van der Waals surface area contributed by atoms with Crippen molar-refractivity contribution in [3.05, 3.63) is 83.4 Å². The lowest BCUT2D eigenvalue weighted by Gasteiger charge is -2.23. The number of rotatable bonds is 8. The maximum Gasteiger partial charge on any atom is 0.134 e. The predicted octanol–water partition coefficient (Wildman–Crippen LogP) is 4.61. The van der Waals surface area contributed by atoms with E-state index in [-0.39, 0.29) is 5.82 Å². The van der Waals surface area contributed by atoms with E-state index in [1.807, 2.05) is 31.2 Å². The van der Waals surface area contributed by atoms with E-state index in [1.54, 1.807) is 0 Å². The first-order chi connectivity index (χ1) is 13.1. The number of benzene rings is 2. The van der Waals surface area contributed by atoms with Crippen LogP contribution in [0.25, 0.3) is 0 Å². The number of anilines is 2. The first kappa shape index (κ1) is 18.8. The maximum atomic E-state index is 13.0. The summed E-state index contributed by atoms with van der Waals surface area (Å²) in [6.07, 6.45) is 0.806. The molecule has 27 heavy (non-hydrogen) atoms. The number of aryl methyl sites for hydroxylation is 1. The minimum Gasteiger partial charge on any atom is -0.370 e. The molecule has 0 aliphatic rings. The first-order valence-corrected chi connectivity index (χ1v) is 9.27. The summed E-state index contributed by atoms with van der Waals surface area (Å²) in [5.41, 5.74) is 2.34. The third kappa shape index (κ3) is 5.51. The number of aromatic nitrogens is 2. The van der Waals surface area contributed by atoms with Gasteiger partial charge in [0.05, 0.1) is 0 Å². The van der Waals surface area contributed by atoms with E-state index in [1.165, 1.54) is 17.7 Å².